The lowest BCUT2D eigenvalue weighted by atomic mass is 9.81. The predicted molar refractivity (Wildman–Crippen MR) is 141 cm³/mol. The van der Waals surface area contributed by atoms with Crippen molar-refractivity contribution >= 4 is 34.2 Å². The minimum Gasteiger partial charge on any atom is -0.481 e. The van der Waals surface area contributed by atoms with Gasteiger partial charge in [0.25, 0.3) is 5.91 Å². The Morgan fingerprint density at radius 1 is 1.24 bits per heavy atom. The van der Waals surface area contributed by atoms with E-state index >= 15 is 0 Å². The van der Waals surface area contributed by atoms with Crippen LogP contribution in [0.4, 0.5) is 0 Å². The topological polar surface area (TPSA) is 142 Å². The molecule has 1 unspecified atom stereocenters. The number of amides is 1. The molecule has 1 aliphatic heterocycles. The molecule has 10 nitrogen and oxygen atoms in total. The van der Waals surface area contributed by atoms with Gasteiger partial charge in [0.1, 0.15) is 11.2 Å². The van der Waals surface area contributed by atoms with Crippen LogP contribution in [0.3, 0.4) is 0 Å². The highest BCUT2D eigenvalue weighted by atomic mass is 32.2. The molecule has 3 N–H and O–H groups in total. The van der Waals surface area contributed by atoms with Crippen LogP contribution in [0.25, 0.3) is 22.4 Å². The van der Waals surface area contributed by atoms with Gasteiger partial charge >= 0.3 is 5.97 Å². The number of rotatable bonds is 11. The zero-order valence-corrected chi connectivity index (χ0v) is 22.2. The lowest BCUT2D eigenvalue weighted by molar-refractivity contribution is -0.181. The van der Waals surface area contributed by atoms with E-state index in [9.17, 15) is 23.5 Å². The SMILES string of the molecule is CNC(=O)c1c(-c2ccc(C)cc2)oc2nc(CN(CCCC3(C(=O)O)COC3)S(=O)O)c(C3CC3)cc12. The number of carboxylic acids is 1. The van der Waals surface area contributed by atoms with E-state index in [-0.39, 0.29) is 38.1 Å². The first-order valence-corrected chi connectivity index (χ1v) is 13.7. The minimum absolute atomic E-state index is 0.0946. The summed E-state index contributed by atoms with van der Waals surface area (Å²) >= 11 is -2.28. The standard InChI is InChI=1S/C27H31N3O7S/c1-16-4-6-18(7-5-16)23-22(24(31)28-2)20-12-19(17-8-9-17)21(29-25(20)37-23)13-30(38(34)35)11-3-10-27(26(32)33)14-36-15-27/h4-7,12,17H,3,8-11,13-15H2,1-2H3,(H,28,31)(H,32,33)(H,34,35). The van der Waals surface area contributed by atoms with Crippen LogP contribution < -0.4 is 5.32 Å². The molecule has 202 valence electrons. The Hall–Kier alpha value is -3.12. The Kier molecular flexibility index (Phi) is 7.36. The molecule has 2 fully saturated rings. The molecule has 38 heavy (non-hydrogen) atoms. The number of aliphatic carboxylic acids is 1. The number of hydrogen-bond acceptors (Lipinski definition) is 6. The average Bonchev–Trinajstić information content (AvgIpc) is 3.64. The number of benzene rings is 1. The first-order valence-electron chi connectivity index (χ1n) is 12.6. The van der Waals surface area contributed by atoms with E-state index in [1.54, 1.807) is 7.05 Å². The molecule has 1 aromatic carbocycles. The highest BCUT2D eigenvalue weighted by Gasteiger charge is 2.45. The number of carbonyl (C=O) groups is 2. The molecule has 0 bridgehead atoms. The lowest BCUT2D eigenvalue weighted by Crippen LogP contribution is -2.49. The lowest BCUT2D eigenvalue weighted by Gasteiger charge is -2.37. The zero-order valence-electron chi connectivity index (χ0n) is 21.4. The summed E-state index contributed by atoms with van der Waals surface area (Å²) in [6, 6.07) is 9.63. The maximum absolute atomic E-state index is 12.9. The molecule has 0 spiro atoms. The van der Waals surface area contributed by atoms with Crippen LogP contribution in [-0.2, 0) is 27.3 Å². The van der Waals surface area contributed by atoms with Crippen molar-refractivity contribution in [2.75, 3.05) is 26.8 Å². The second kappa shape index (κ2) is 10.6. The molecule has 3 heterocycles. The smallest absolute Gasteiger partial charge is 0.314 e. The third-order valence-electron chi connectivity index (χ3n) is 7.40. The highest BCUT2D eigenvalue weighted by molar-refractivity contribution is 7.76. The number of carboxylic acid groups (broad SMARTS) is 1. The molecule has 11 heteroatoms. The Morgan fingerprint density at radius 3 is 2.50 bits per heavy atom. The van der Waals surface area contributed by atoms with Gasteiger partial charge in [-0.1, -0.05) is 29.8 Å². The summed E-state index contributed by atoms with van der Waals surface area (Å²) in [6.07, 6.45) is 2.72. The van der Waals surface area contributed by atoms with E-state index in [1.165, 1.54) is 4.31 Å². The monoisotopic (exact) mass is 541 g/mol. The molecule has 1 amide bonds. The largest absolute Gasteiger partial charge is 0.481 e. The highest BCUT2D eigenvalue weighted by Crippen LogP contribution is 2.44. The van der Waals surface area contributed by atoms with Crippen LogP contribution in [0.5, 0.6) is 0 Å². The van der Waals surface area contributed by atoms with E-state index in [0.717, 1.165) is 29.5 Å². The molecule has 1 saturated heterocycles. The maximum atomic E-state index is 12.9. The molecule has 0 radical (unpaired) electrons. The molecule has 3 aromatic rings. The molecule has 1 atom stereocenters. The molecule has 2 aromatic heterocycles. The number of nitrogens with zero attached hydrogens (tertiary/aromatic N) is 2. The van der Waals surface area contributed by atoms with Gasteiger partial charge in [0, 0.05) is 19.2 Å². The van der Waals surface area contributed by atoms with E-state index in [0.29, 0.717) is 41.0 Å². The van der Waals surface area contributed by atoms with E-state index in [1.807, 2.05) is 37.3 Å². The van der Waals surface area contributed by atoms with Gasteiger partial charge in [-0.05, 0) is 50.2 Å². The Labute approximate surface area is 222 Å². The first kappa shape index (κ1) is 26.5. The zero-order chi connectivity index (χ0) is 27.0. The van der Waals surface area contributed by atoms with Gasteiger partial charge in [-0.15, -0.1) is 0 Å². The second-order valence-corrected chi connectivity index (χ2v) is 11.2. The fourth-order valence-electron chi connectivity index (χ4n) is 4.90. The van der Waals surface area contributed by atoms with E-state index in [2.05, 4.69) is 5.32 Å². The van der Waals surface area contributed by atoms with Crippen molar-refractivity contribution in [1.29, 1.82) is 0 Å². The minimum atomic E-state index is -2.28. The van der Waals surface area contributed by atoms with Gasteiger partial charge < -0.3 is 19.6 Å². The van der Waals surface area contributed by atoms with Crippen LogP contribution in [0.15, 0.2) is 34.7 Å². The van der Waals surface area contributed by atoms with Gasteiger partial charge in [-0.3, -0.25) is 14.1 Å². The van der Waals surface area contributed by atoms with Crippen LogP contribution in [0.2, 0.25) is 0 Å². The normalized spacial score (nSPS) is 17.4. The number of hydrogen-bond donors (Lipinski definition) is 3. The molecule has 1 aliphatic carbocycles. The summed E-state index contributed by atoms with van der Waals surface area (Å²) in [5.41, 5.74) is 3.18. The number of fused-ring (bicyclic) bond motifs is 1. The summed E-state index contributed by atoms with van der Waals surface area (Å²) in [5, 5.41) is 12.8. The van der Waals surface area contributed by atoms with Crippen molar-refractivity contribution in [1.82, 2.24) is 14.6 Å². The number of carbonyl (C=O) groups excluding carboxylic acids is 1. The number of nitrogens with one attached hydrogen (secondary N) is 1. The van der Waals surface area contributed by atoms with Gasteiger partial charge in [-0.2, -0.15) is 4.31 Å². The second-order valence-electron chi connectivity index (χ2n) is 10.2. The van der Waals surface area contributed by atoms with E-state index < -0.39 is 22.7 Å². The molecule has 2 aliphatic rings. The number of pyridine rings is 1. The third-order valence-corrected chi connectivity index (χ3v) is 8.15. The third kappa shape index (κ3) is 5.11. The summed E-state index contributed by atoms with van der Waals surface area (Å²) < 4.78 is 34.9. The Morgan fingerprint density at radius 2 is 1.95 bits per heavy atom. The Balaban J connectivity index is 1.48. The van der Waals surface area contributed by atoms with Crippen LogP contribution >= 0.6 is 0 Å². The Bertz CT molecular complexity index is 1390. The number of aromatic nitrogens is 1. The van der Waals surface area contributed by atoms with Crippen LogP contribution in [0, 0.1) is 12.3 Å². The quantitative estimate of drug-likeness (QED) is 0.311. The van der Waals surface area contributed by atoms with Crippen molar-refractivity contribution in [3.05, 3.63) is 52.7 Å². The van der Waals surface area contributed by atoms with Crippen LogP contribution in [0.1, 0.15) is 58.8 Å². The average molecular weight is 542 g/mol. The fourth-order valence-corrected chi connectivity index (χ4v) is 5.42. The number of aryl methyl sites for hydroxylation is 1. The summed E-state index contributed by atoms with van der Waals surface area (Å²) in [5.74, 6) is -0.498. The van der Waals surface area contributed by atoms with Gasteiger partial charge in [0.2, 0.25) is 17.0 Å². The van der Waals surface area contributed by atoms with Crippen molar-refractivity contribution in [2.45, 2.75) is 45.1 Å². The van der Waals surface area contributed by atoms with Gasteiger partial charge in [0.15, 0.2) is 0 Å². The first-order chi connectivity index (χ1) is 18.2. The van der Waals surface area contributed by atoms with Crippen molar-refractivity contribution in [3.8, 4) is 11.3 Å². The van der Waals surface area contributed by atoms with Crippen LogP contribution in [-0.4, -0.2) is 61.8 Å². The van der Waals surface area contributed by atoms with Crippen molar-refractivity contribution in [3.63, 3.8) is 0 Å². The summed E-state index contributed by atoms with van der Waals surface area (Å²) in [7, 11) is 1.57. The molecular weight excluding hydrogens is 510 g/mol. The fraction of sp³-hybridized carbons (Fsp3) is 0.444. The molecular formula is C27H31N3O7S. The molecule has 5 rings (SSSR count). The summed E-state index contributed by atoms with van der Waals surface area (Å²) in [4.78, 5) is 29.3. The molecule has 1 saturated carbocycles. The van der Waals surface area contributed by atoms with Gasteiger partial charge in [-0.25, -0.2) is 9.19 Å². The van der Waals surface area contributed by atoms with Crippen molar-refractivity contribution in [2.24, 2.45) is 5.41 Å². The van der Waals surface area contributed by atoms with E-state index in [4.69, 9.17) is 14.1 Å². The van der Waals surface area contributed by atoms with Gasteiger partial charge in [0.05, 0.1) is 36.4 Å². The number of furan rings is 1. The predicted octanol–water partition coefficient (Wildman–Crippen LogP) is 3.86. The van der Waals surface area contributed by atoms with Crippen molar-refractivity contribution < 1.29 is 32.6 Å². The number of ether oxygens (including phenoxy) is 1. The summed E-state index contributed by atoms with van der Waals surface area (Å²) in [6.45, 7) is 2.61. The maximum Gasteiger partial charge on any atom is 0.314 e.